The Morgan fingerprint density at radius 1 is 0.739 bits per heavy atom. The second kappa shape index (κ2) is 19.4. The van der Waals surface area contributed by atoms with Crippen LogP contribution in [0.1, 0.15) is 103 Å². The van der Waals surface area contributed by atoms with Gasteiger partial charge in [0.1, 0.15) is 0 Å². The molecular weight excluding hydrogens is 292 g/mol. The van der Waals surface area contributed by atoms with E-state index in [1.165, 1.54) is 64.2 Å². The van der Waals surface area contributed by atoms with Gasteiger partial charge < -0.3 is 5.11 Å². The van der Waals surface area contributed by atoms with Crippen LogP contribution in [0.25, 0.3) is 0 Å². The zero-order valence-electron chi connectivity index (χ0n) is 15.2. The minimum Gasteiger partial charge on any atom is -0.481 e. The molecule has 0 aromatic heterocycles. The van der Waals surface area contributed by atoms with Gasteiger partial charge >= 0.3 is 5.97 Å². The fourth-order valence-electron chi connectivity index (χ4n) is 2.56. The lowest BCUT2D eigenvalue weighted by Crippen LogP contribution is -2.05. The van der Waals surface area contributed by atoms with Crippen LogP contribution >= 0.6 is 0 Å². The van der Waals surface area contributed by atoms with E-state index < -0.39 is 5.97 Å². The van der Waals surface area contributed by atoms with Gasteiger partial charge in [0.15, 0.2) is 0 Å². The van der Waals surface area contributed by atoms with Gasteiger partial charge in [0.25, 0.3) is 0 Å². The first-order valence-corrected chi connectivity index (χ1v) is 9.73. The fraction of sp³-hybridized carbons (Fsp3) is 0.947. The van der Waals surface area contributed by atoms with Gasteiger partial charge in [-0.1, -0.05) is 77.6 Å². The molecule has 138 valence electrons. The maximum Gasteiger partial charge on any atom is 0.303 e. The van der Waals surface area contributed by atoms with Crippen LogP contribution in [0.3, 0.4) is 0 Å². The first-order valence-electron chi connectivity index (χ1n) is 9.73. The molecule has 0 saturated carbocycles. The lowest BCUT2D eigenvalue weighted by atomic mass is 10.0. The highest BCUT2D eigenvalue weighted by Gasteiger charge is 1.97. The molecule has 0 atom stereocenters. The van der Waals surface area contributed by atoms with Crippen LogP contribution in [0.4, 0.5) is 0 Å². The largest absolute Gasteiger partial charge is 0.481 e. The molecule has 1 aliphatic heterocycles. The van der Waals surface area contributed by atoms with E-state index in [0.717, 1.165) is 38.9 Å². The summed E-state index contributed by atoms with van der Waals surface area (Å²) in [5.41, 5.74) is 0. The molecule has 0 radical (unpaired) electrons. The van der Waals surface area contributed by atoms with Gasteiger partial charge in [-0.15, -0.1) is 0 Å². The Hall–Kier alpha value is -0.610. The van der Waals surface area contributed by atoms with Gasteiger partial charge in [-0.2, -0.15) is 0 Å². The standard InChI is InChI=1S/C15H30O2.C4H8O2/c1-2-3-4-5-6-7-8-9-10-11-12-13-14-15(16)17;1-2-4-6-5-3-1/h2-14H2,1H3,(H,16,17);1-4H2. The molecular formula is C19H38O4. The summed E-state index contributed by atoms with van der Waals surface area (Å²) < 4.78 is 0. The lowest BCUT2D eigenvalue weighted by molar-refractivity contribution is -0.312. The number of unbranched alkanes of at least 4 members (excludes halogenated alkanes) is 11. The van der Waals surface area contributed by atoms with Crippen molar-refractivity contribution in [1.82, 2.24) is 0 Å². The van der Waals surface area contributed by atoms with Gasteiger partial charge in [0.05, 0.1) is 13.2 Å². The van der Waals surface area contributed by atoms with Crippen molar-refractivity contribution in [2.75, 3.05) is 13.2 Å². The molecule has 23 heavy (non-hydrogen) atoms. The van der Waals surface area contributed by atoms with E-state index in [9.17, 15) is 4.79 Å². The van der Waals surface area contributed by atoms with Crippen LogP contribution < -0.4 is 0 Å². The van der Waals surface area contributed by atoms with Gasteiger partial charge in [0.2, 0.25) is 0 Å². The molecule has 0 aromatic rings. The van der Waals surface area contributed by atoms with E-state index in [1.54, 1.807) is 0 Å². The minimum atomic E-state index is -0.655. The van der Waals surface area contributed by atoms with Crippen molar-refractivity contribution in [3.8, 4) is 0 Å². The van der Waals surface area contributed by atoms with Crippen LogP contribution in [0.2, 0.25) is 0 Å². The second-order valence-electron chi connectivity index (χ2n) is 6.38. The Bertz CT molecular complexity index is 228. The van der Waals surface area contributed by atoms with Crippen molar-refractivity contribution in [2.24, 2.45) is 0 Å². The molecule has 1 rings (SSSR count). The van der Waals surface area contributed by atoms with Gasteiger partial charge in [-0.05, 0) is 19.3 Å². The number of rotatable bonds is 13. The monoisotopic (exact) mass is 330 g/mol. The van der Waals surface area contributed by atoms with E-state index >= 15 is 0 Å². The number of hydrogen-bond acceptors (Lipinski definition) is 3. The van der Waals surface area contributed by atoms with Crippen LogP contribution in [-0.4, -0.2) is 24.3 Å². The third-order valence-corrected chi connectivity index (χ3v) is 4.03. The van der Waals surface area contributed by atoms with Gasteiger partial charge in [-0.3, -0.25) is 4.79 Å². The van der Waals surface area contributed by atoms with Crippen molar-refractivity contribution >= 4 is 5.97 Å². The summed E-state index contributed by atoms with van der Waals surface area (Å²) in [5, 5.41) is 8.47. The Kier molecular flexibility index (Phi) is 18.9. The minimum absolute atomic E-state index is 0.345. The topological polar surface area (TPSA) is 55.8 Å². The molecule has 1 N–H and O–H groups in total. The van der Waals surface area contributed by atoms with Gasteiger partial charge in [-0.25, -0.2) is 9.78 Å². The smallest absolute Gasteiger partial charge is 0.303 e. The predicted molar refractivity (Wildman–Crippen MR) is 94.5 cm³/mol. The Morgan fingerprint density at radius 3 is 1.43 bits per heavy atom. The zero-order valence-corrected chi connectivity index (χ0v) is 15.2. The van der Waals surface area contributed by atoms with Crippen LogP contribution in [0, 0.1) is 0 Å². The summed E-state index contributed by atoms with van der Waals surface area (Å²) in [5.74, 6) is -0.655. The number of carboxylic acid groups (broad SMARTS) is 1. The third-order valence-electron chi connectivity index (χ3n) is 4.03. The molecule has 0 aliphatic carbocycles. The summed E-state index contributed by atoms with van der Waals surface area (Å²) in [4.78, 5) is 19.4. The summed E-state index contributed by atoms with van der Waals surface area (Å²) in [6.07, 6.45) is 18.1. The summed E-state index contributed by atoms with van der Waals surface area (Å²) in [7, 11) is 0. The van der Waals surface area contributed by atoms with E-state index in [-0.39, 0.29) is 0 Å². The lowest BCUT2D eigenvalue weighted by Gasteiger charge is -2.07. The molecule has 0 amide bonds. The maximum absolute atomic E-state index is 10.3. The molecule has 1 fully saturated rings. The molecule has 4 heteroatoms. The normalized spacial score (nSPS) is 14.1. The van der Waals surface area contributed by atoms with E-state index in [2.05, 4.69) is 16.7 Å². The summed E-state index contributed by atoms with van der Waals surface area (Å²) in [6.45, 7) is 3.81. The highest BCUT2D eigenvalue weighted by atomic mass is 17.2. The Balaban J connectivity index is 0.000000664. The molecule has 4 nitrogen and oxygen atoms in total. The fourth-order valence-corrected chi connectivity index (χ4v) is 2.56. The maximum atomic E-state index is 10.3. The average molecular weight is 331 g/mol. The van der Waals surface area contributed by atoms with Crippen LogP contribution in [0.5, 0.6) is 0 Å². The SMILES string of the molecule is C1CCOOC1.CCCCCCCCCCCCCCC(=O)O. The van der Waals surface area contributed by atoms with Crippen LogP contribution in [0.15, 0.2) is 0 Å². The van der Waals surface area contributed by atoms with Crippen molar-refractivity contribution in [3.63, 3.8) is 0 Å². The summed E-state index contributed by atoms with van der Waals surface area (Å²) in [6, 6.07) is 0. The average Bonchev–Trinajstić information content (AvgIpc) is 2.58. The summed E-state index contributed by atoms with van der Waals surface area (Å²) >= 11 is 0. The number of hydrogen-bond donors (Lipinski definition) is 1. The predicted octanol–water partition coefficient (Wildman–Crippen LogP) is 5.89. The molecule has 0 spiro atoms. The Morgan fingerprint density at radius 2 is 1.13 bits per heavy atom. The highest BCUT2D eigenvalue weighted by Crippen LogP contribution is 2.12. The van der Waals surface area contributed by atoms with Crippen molar-refractivity contribution in [2.45, 2.75) is 103 Å². The highest BCUT2D eigenvalue weighted by molar-refractivity contribution is 5.66. The molecule has 1 saturated heterocycles. The van der Waals surface area contributed by atoms with E-state index in [4.69, 9.17) is 5.11 Å². The molecule has 0 unspecified atom stereocenters. The van der Waals surface area contributed by atoms with Crippen molar-refractivity contribution in [3.05, 3.63) is 0 Å². The first kappa shape index (κ1) is 22.4. The first-order chi connectivity index (χ1) is 11.3. The molecule has 0 bridgehead atoms. The quantitative estimate of drug-likeness (QED) is 0.338. The number of carbonyl (C=O) groups is 1. The third kappa shape index (κ3) is 21.4. The van der Waals surface area contributed by atoms with E-state index in [0.29, 0.717) is 6.42 Å². The Labute approximate surface area is 142 Å². The second-order valence-corrected chi connectivity index (χ2v) is 6.38. The molecule has 0 aromatic carbocycles. The molecule has 1 heterocycles. The molecule has 1 aliphatic rings. The number of carboxylic acids is 1. The van der Waals surface area contributed by atoms with Crippen molar-refractivity contribution < 1.29 is 19.7 Å². The number of aliphatic carboxylic acids is 1. The van der Waals surface area contributed by atoms with Crippen LogP contribution in [-0.2, 0) is 14.6 Å². The van der Waals surface area contributed by atoms with Crippen molar-refractivity contribution in [1.29, 1.82) is 0 Å². The van der Waals surface area contributed by atoms with E-state index in [1.807, 2.05) is 0 Å². The van der Waals surface area contributed by atoms with Gasteiger partial charge in [0, 0.05) is 6.42 Å². The zero-order chi connectivity index (χ0) is 17.0.